The third-order valence-electron chi connectivity index (χ3n) is 6.22. The van der Waals surface area contributed by atoms with E-state index in [0.717, 1.165) is 27.5 Å². The van der Waals surface area contributed by atoms with Crippen LogP contribution in [0.3, 0.4) is 0 Å². The van der Waals surface area contributed by atoms with Crippen LogP contribution < -0.4 is 19.9 Å². The van der Waals surface area contributed by atoms with Gasteiger partial charge in [-0.05, 0) is 42.5 Å². The maximum atomic E-state index is 9.97. The first-order chi connectivity index (χ1) is 17.1. The number of ether oxygens (including phenoxy) is 3. The van der Waals surface area contributed by atoms with Crippen molar-refractivity contribution < 1.29 is 14.2 Å². The lowest BCUT2D eigenvalue weighted by Crippen LogP contribution is -2.21. The zero-order valence-electron chi connectivity index (χ0n) is 19.7. The molecule has 0 aromatic heterocycles. The number of allylic oxidation sites excluding steroid dienone is 1. The molecule has 5 nitrogen and oxygen atoms in total. The van der Waals surface area contributed by atoms with Gasteiger partial charge in [0.25, 0.3) is 0 Å². The first-order valence-electron chi connectivity index (χ1n) is 11.6. The fourth-order valence-corrected chi connectivity index (χ4v) is 4.47. The average Bonchev–Trinajstić information content (AvgIpc) is 2.88. The van der Waals surface area contributed by atoms with E-state index in [1.165, 1.54) is 5.56 Å². The minimum Gasteiger partial charge on any atom is -0.490 e. The summed E-state index contributed by atoms with van der Waals surface area (Å²) in [6.07, 6.45) is 0. The summed E-state index contributed by atoms with van der Waals surface area (Å²) in [7, 11) is 0. The van der Waals surface area contributed by atoms with Gasteiger partial charge in [-0.25, -0.2) is 0 Å². The Morgan fingerprint density at radius 3 is 2.51 bits per heavy atom. The summed E-state index contributed by atoms with van der Waals surface area (Å²) < 4.78 is 18.0. The Hall–Kier alpha value is -4.43. The van der Waals surface area contributed by atoms with Gasteiger partial charge in [0.15, 0.2) is 11.5 Å². The van der Waals surface area contributed by atoms with Crippen LogP contribution in [0, 0.1) is 18.3 Å². The molecule has 0 spiro atoms. The van der Waals surface area contributed by atoms with E-state index in [1.54, 1.807) is 0 Å². The van der Waals surface area contributed by atoms with Gasteiger partial charge >= 0.3 is 0 Å². The van der Waals surface area contributed by atoms with Crippen molar-refractivity contribution in [2.45, 2.75) is 26.4 Å². The largest absolute Gasteiger partial charge is 0.490 e. The number of rotatable bonds is 6. The number of nitrogens with two attached hydrogens (primary N) is 1. The van der Waals surface area contributed by atoms with Crippen molar-refractivity contribution in [3.8, 4) is 23.3 Å². The zero-order valence-corrected chi connectivity index (χ0v) is 19.7. The van der Waals surface area contributed by atoms with Gasteiger partial charge in [0, 0.05) is 10.9 Å². The van der Waals surface area contributed by atoms with Crippen LogP contribution in [0.4, 0.5) is 0 Å². The predicted octanol–water partition coefficient (Wildman–Crippen LogP) is 6.34. The summed E-state index contributed by atoms with van der Waals surface area (Å²) in [5.74, 6) is 1.71. The molecule has 1 heterocycles. The van der Waals surface area contributed by atoms with Crippen molar-refractivity contribution in [1.82, 2.24) is 0 Å². The summed E-state index contributed by atoms with van der Waals surface area (Å²) in [6, 6.07) is 28.4. The molecule has 5 heteroatoms. The predicted molar refractivity (Wildman–Crippen MR) is 136 cm³/mol. The number of hydrogen-bond acceptors (Lipinski definition) is 5. The Morgan fingerprint density at radius 1 is 0.943 bits per heavy atom. The molecule has 0 saturated heterocycles. The van der Waals surface area contributed by atoms with E-state index in [1.807, 2.05) is 61.5 Å². The fraction of sp³-hybridized carbons (Fsp3) is 0.167. The molecule has 0 unspecified atom stereocenters. The van der Waals surface area contributed by atoms with Crippen LogP contribution in [0.2, 0.25) is 0 Å². The second-order valence-electron chi connectivity index (χ2n) is 8.54. The van der Waals surface area contributed by atoms with Crippen LogP contribution in [0.5, 0.6) is 17.2 Å². The molecule has 0 fully saturated rings. The van der Waals surface area contributed by atoms with Gasteiger partial charge in [0.05, 0.1) is 12.5 Å². The van der Waals surface area contributed by atoms with Gasteiger partial charge in [0.2, 0.25) is 5.88 Å². The van der Waals surface area contributed by atoms with Crippen LogP contribution in [0.1, 0.15) is 35.1 Å². The van der Waals surface area contributed by atoms with Crippen molar-refractivity contribution in [1.29, 1.82) is 5.26 Å². The van der Waals surface area contributed by atoms with E-state index in [9.17, 15) is 5.26 Å². The Bertz CT molecular complexity index is 1470. The summed E-state index contributed by atoms with van der Waals surface area (Å²) in [5, 5.41) is 12.0. The van der Waals surface area contributed by atoms with Crippen LogP contribution in [-0.4, -0.2) is 6.61 Å². The van der Waals surface area contributed by atoms with E-state index in [0.29, 0.717) is 36.0 Å². The van der Waals surface area contributed by atoms with Gasteiger partial charge < -0.3 is 19.9 Å². The van der Waals surface area contributed by atoms with Crippen molar-refractivity contribution in [2.75, 3.05) is 6.61 Å². The Labute approximate surface area is 205 Å². The summed E-state index contributed by atoms with van der Waals surface area (Å²) in [4.78, 5) is 0. The highest BCUT2D eigenvalue weighted by atomic mass is 16.5. The standard InChI is InChI=1S/C30H26N2O3/c1-3-33-27-16-22(13-15-26(27)34-18-20-10-8-19(2)9-11-20)28-24-14-12-21-6-4-5-7-23(21)29(24)35-30(32)25(28)17-31/h4-16,28H,3,18,32H2,1-2H3/t28-/m1/s1. The third-order valence-corrected chi connectivity index (χ3v) is 6.22. The van der Waals surface area contributed by atoms with Gasteiger partial charge in [-0.2, -0.15) is 5.26 Å². The number of aryl methyl sites for hydroxylation is 1. The van der Waals surface area contributed by atoms with E-state index >= 15 is 0 Å². The minimum atomic E-state index is -0.376. The second kappa shape index (κ2) is 9.44. The maximum absolute atomic E-state index is 9.97. The SMILES string of the molecule is CCOc1cc([C@H]2C(C#N)=C(N)Oc3c2ccc2ccccc32)ccc1OCc1ccc(C)cc1. The molecule has 4 aromatic carbocycles. The van der Waals surface area contributed by atoms with Gasteiger partial charge in [0.1, 0.15) is 24.0 Å². The summed E-state index contributed by atoms with van der Waals surface area (Å²) >= 11 is 0. The number of nitrogens with zero attached hydrogens (tertiary/aromatic N) is 1. The monoisotopic (exact) mass is 462 g/mol. The van der Waals surface area contributed by atoms with E-state index in [-0.39, 0.29) is 11.8 Å². The molecule has 0 bridgehead atoms. The molecular weight excluding hydrogens is 436 g/mol. The third kappa shape index (κ3) is 4.27. The molecule has 1 aliphatic rings. The molecule has 0 radical (unpaired) electrons. The number of benzene rings is 4. The summed E-state index contributed by atoms with van der Waals surface area (Å²) in [5.41, 5.74) is 10.7. The molecule has 4 aromatic rings. The molecule has 2 N–H and O–H groups in total. The molecule has 1 atom stereocenters. The van der Waals surface area contributed by atoms with Crippen molar-refractivity contribution in [3.63, 3.8) is 0 Å². The number of hydrogen-bond donors (Lipinski definition) is 1. The van der Waals surface area contributed by atoms with Crippen molar-refractivity contribution in [2.24, 2.45) is 5.73 Å². The highest BCUT2D eigenvalue weighted by Gasteiger charge is 2.32. The van der Waals surface area contributed by atoms with Crippen LogP contribution in [0.25, 0.3) is 10.8 Å². The lowest BCUT2D eigenvalue weighted by Gasteiger charge is -2.28. The highest BCUT2D eigenvalue weighted by Crippen LogP contribution is 2.46. The van der Waals surface area contributed by atoms with Crippen LogP contribution in [-0.2, 0) is 6.61 Å². The molecular formula is C30H26N2O3. The van der Waals surface area contributed by atoms with E-state index in [4.69, 9.17) is 19.9 Å². The van der Waals surface area contributed by atoms with Crippen molar-refractivity contribution in [3.05, 3.63) is 113 Å². The molecule has 5 rings (SSSR count). The molecule has 174 valence electrons. The molecule has 35 heavy (non-hydrogen) atoms. The Kier molecular flexibility index (Phi) is 6.03. The van der Waals surface area contributed by atoms with Gasteiger partial charge in [-0.15, -0.1) is 0 Å². The lowest BCUT2D eigenvalue weighted by atomic mass is 9.82. The van der Waals surface area contributed by atoms with Gasteiger partial charge in [-0.1, -0.05) is 72.3 Å². The summed E-state index contributed by atoms with van der Waals surface area (Å²) in [6.45, 7) is 4.92. The van der Waals surface area contributed by atoms with Crippen LogP contribution in [0.15, 0.2) is 90.3 Å². The average molecular weight is 463 g/mol. The number of nitriles is 1. The Morgan fingerprint density at radius 2 is 1.74 bits per heavy atom. The molecule has 0 amide bonds. The van der Waals surface area contributed by atoms with Gasteiger partial charge in [-0.3, -0.25) is 0 Å². The molecule has 0 saturated carbocycles. The normalized spacial score (nSPS) is 14.7. The van der Waals surface area contributed by atoms with E-state index in [2.05, 4.69) is 37.3 Å². The second-order valence-corrected chi connectivity index (χ2v) is 8.54. The first-order valence-corrected chi connectivity index (χ1v) is 11.6. The Balaban J connectivity index is 1.55. The number of fused-ring (bicyclic) bond motifs is 3. The fourth-order valence-electron chi connectivity index (χ4n) is 4.47. The smallest absolute Gasteiger partial charge is 0.205 e. The van der Waals surface area contributed by atoms with E-state index < -0.39 is 0 Å². The maximum Gasteiger partial charge on any atom is 0.205 e. The van der Waals surface area contributed by atoms with Crippen molar-refractivity contribution >= 4 is 10.8 Å². The highest BCUT2D eigenvalue weighted by molar-refractivity contribution is 5.91. The molecule has 1 aliphatic heterocycles. The molecule has 0 aliphatic carbocycles. The topological polar surface area (TPSA) is 77.5 Å². The lowest BCUT2D eigenvalue weighted by molar-refractivity contribution is 0.269. The first kappa shape index (κ1) is 22.4. The quantitative estimate of drug-likeness (QED) is 0.362. The van der Waals surface area contributed by atoms with Crippen LogP contribution >= 0.6 is 0 Å². The zero-order chi connectivity index (χ0) is 24.4. The minimum absolute atomic E-state index is 0.124.